The number of esters is 1. The fourth-order valence-electron chi connectivity index (χ4n) is 2.95. The molecule has 0 unspecified atom stereocenters. The maximum atomic E-state index is 14.5. The van der Waals surface area contributed by atoms with Crippen LogP contribution in [0.25, 0.3) is 0 Å². The van der Waals surface area contributed by atoms with Crippen LogP contribution in [0.3, 0.4) is 0 Å². The first-order valence-corrected chi connectivity index (χ1v) is 8.71. The van der Waals surface area contributed by atoms with E-state index in [1.165, 1.54) is 6.07 Å². The SMILES string of the molecule is CC1(C)OB(c2ccc(COC(=O)[C@H]3CCNC3)cc2F)OC1(C)C. The predicted octanol–water partition coefficient (Wildman–Crippen LogP) is 1.78. The molecule has 7 heteroatoms. The van der Waals surface area contributed by atoms with Gasteiger partial charge < -0.3 is 19.4 Å². The number of carbonyl (C=O) groups excluding carboxylic acids is 1. The maximum absolute atomic E-state index is 14.5. The van der Waals surface area contributed by atoms with E-state index in [0.717, 1.165) is 13.0 Å². The first-order chi connectivity index (χ1) is 11.7. The normalized spacial score (nSPS) is 24.5. The molecule has 1 aromatic rings. The standard InChI is InChI=1S/C18H25BFNO4/c1-17(2)18(3,4)25-19(24-17)14-6-5-12(9-15(14)20)11-23-16(22)13-7-8-21-10-13/h5-6,9,13,21H,7-8,10-11H2,1-4H3/t13-/m0/s1. The highest BCUT2D eigenvalue weighted by molar-refractivity contribution is 6.62. The lowest BCUT2D eigenvalue weighted by atomic mass is 9.78. The van der Waals surface area contributed by atoms with Gasteiger partial charge in [0, 0.05) is 12.0 Å². The maximum Gasteiger partial charge on any atom is 0.497 e. The van der Waals surface area contributed by atoms with Crippen molar-refractivity contribution < 1.29 is 23.2 Å². The van der Waals surface area contributed by atoms with Crippen LogP contribution in [0.5, 0.6) is 0 Å². The topological polar surface area (TPSA) is 56.8 Å². The molecule has 25 heavy (non-hydrogen) atoms. The summed E-state index contributed by atoms with van der Waals surface area (Å²) < 4.78 is 31.6. The third kappa shape index (κ3) is 3.73. The van der Waals surface area contributed by atoms with Crippen LogP contribution in [0, 0.1) is 11.7 Å². The van der Waals surface area contributed by atoms with Crippen LogP contribution in [0.1, 0.15) is 39.7 Å². The number of halogens is 1. The van der Waals surface area contributed by atoms with Crippen LogP contribution in [0.15, 0.2) is 18.2 Å². The summed E-state index contributed by atoms with van der Waals surface area (Å²) in [6.45, 7) is 9.25. The second kappa shape index (κ2) is 6.70. The van der Waals surface area contributed by atoms with E-state index in [2.05, 4.69) is 5.32 Å². The third-order valence-electron chi connectivity index (χ3n) is 5.35. The highest BCUT2D eigenvalue weighted by Gasteiger charge is 2.52. The smallest absolute Gasteiger partial charge is 0.461 e. The van der Waals surface area contributed by atoms with E-state index in [9.17, 15) is 9.18 Å². The van der Waals surface area contributed by atoms with Crippen molar-refractivity contribution in [2.24, 2.45) is 5.92 Å². The Morgan fingerprint density at radius 2 is 2.00 bits per heavy atom. The number of nitrogens with one attached hydrogen (secondary N) is 1. The van der Waals surface area contributed by atoms with Crippen molar-refractivity contribution in [3.63, 3.8) is 0 Å². The van der Waals surface area contributed by atoms with Crippen molar-refractivity contribution in [2.75, 3.05) is 13.1 Å². The first-order valence-electron chi connectivity index (χ1n) is 8.71. The number of benzene rings is 1. The summed E-state index contributed by atoms with van der Waals surface area (Å²) in [6, 6.07) is 4.75. The number of carbonyl (C=O) groups is 1. The molecule has 2 aliphatic heterocycles. The molecule has 2 heterocycles. The van der Waals surface area contributed by atoms with Crippen molar-refractivity contribution in [1.82, 2.24) is 5.32 Å². The van der Waals surface area contributed by atoms with Crippen LogP contribution in [-0.2, 0) is 25.4 Å². The lowest BCUT2D eigenvalue weighted by Crippen LogP contribution is -2.41. The summed E-state index contributed by atoms with van der Waals surface area (Å²) >= 11 is 0. The average Bonchev–Trinajstić information content (AvgIpc) is 3.12. The van der Waals surface area contributed by atoms with Gasteiger partial charge in [-0.1, -0.05) is 12.1 Å². The fourth-order valence-corrected chi connectivity index (χ4v) is 2.95. The van der Waals surface area contributed by atoms with Gasteiger partial charge in [0.2, 0.25) is 0 Å². The molecule has 0 saturated carbocycles. The largest absolute Gasteiger partial charge is 0.497 e. The Morgan fingerprint density at radius 1 is 1.32 bits per heavy atom. The van der Waals surface area contributed by atoms with E-state index in [1.807, 2.05) is 27.7 Å². The van der Waals surface area contributed by atoms with Gasteiger partial charge in [-0.05, 0) is 52.3 Å². The van der Waals surface area contributed by atoms with Gasteiger partial charge in [0.15, 0.2) is 0 Å². The van der Waals surface area contributed by atoms with Gasteiger partial charge in [-0.15, -0.1) is 0 Å². The number of ether oxygens (including phenoxy) is 1. The Hall–Kier alpha value is -1.44. The zero-order valence-electron chi connectivity index (χ0n) is 15.2. The van der Waals surface area contributed by atoms with Gasteiger partial charge in [0.1, 0.15) is 12.4 Å². The molecule has 0 radical (unpaired) electrons. The van der Waals surface area contributed by atoms with Gasteiger partial charge >= 0.3 is 13.1 Å². The molecule has 1 aromatic carbocycles. The summed E-state index contributed by atoms with van der Waals surface area (Å²) in [6.07, 6.45) is 0.786. The highest BCUT2D eigenvalue weighted by atomic mass is 19.1. The molecule has 0 aliphatic carbocycles. The van der Waals surface area contributed by atoms with E-state index < -0.39 is 24.1 Å². The van der Waals surface area contributed by atoms with Gasteiger partial charge in [-0.2, -0.15) is 0 Å². The molecule has 1 N–H and O–H groups in total. The molecule has 0 bridgehead atoms. The zero-order valence-corrected chi connectivity index (χ0v) is 15.2. The molecule has 0 amide bonds. The monoisotopic (exact) mass is 349 g/mol. The molecule has 0 spiro atoms. The Morgan fingerprint density at radius 3 is 2.56 bits per heavy atom. The minimum atomic E-state index is -0.744. The van der Waals surface area contributed by atoms with Crippen LogP contribution < -0.4 is 10.8 Å². The summed E-state index contributed by atoms with van der Waals surface area (Å²) in [4.78, 5) is 11.9. The van der Waals surface area contributed by atoms with E-state index in [1.54, 1.807) is 12.1 Å². The minimum absolute atomic E-state index is 0.0654. The number of hydrogen-bond donors (Lipinski definition) is 1. The number of hydrogen-bond acceptors (Lipinski definition) is 5. The summed E-state index contributed by atoms with van der Waals surface area (Å²) in [5.74, 6) is -0.760. The quantitative estimate of drug-likeness (QED) is 0.663. The van der Waals surface area contributed by atoms with Crippen molar-refractivity contribution >= 4 is 18.6 Å². The lowest BCUT2D eigenvalue weighted by molar-refractivity contribution is -0.149. The van der Waals surface area contributed by atoms with Gasteiger partial charge in [-0.25, -0.2) is 4.39 Å². The first kappa shape index (κ1) is 18.4. The van der Waals surface area contributed by atoms with Gasteiger partial charge in [0.05, 0.1) is 17.1 Å². The second-order valence-electron chi connectivity index (χ2n) is 7.74. The minimum Gasteiger partial charge on any atom is -0.461 e. The molecule has 5 nitrogen and oxygen atoms in total. The second-order valence-corrected chi connectivity index (χ2v) is 7.74. The van der Waals surface area contributed by atoms with Crippen molar-refractivity contribution in [3.8, 4) is 0 Å². The Labute approximate surface area is 148 Å². The van der Waals surface area contributed by atoms with E-state index in [-0.39, 0.29) is 18.5 Å². The Bertz CT molecular complexity index is 642. The molecule has 2 aliphatic rings. The predicted molar refractivity (Wildman–Crippen MR) is 92.9 cm³/mol. The van der Waals surface area contributed by atoms with Crippen molar-refractivity contribution in [2.45, 2.75) is 51.9 Å². The highest BCUT2D eigenvalue weighted by Crippen LogP contribution is 2.36. The van der Waals surface area contributed by atoms with Crippen LogP contribution in [-0.4, -0.2) is 37.4 Å². The summed E-state index contributed by atoms with van der Waals surface area (Å²) in [5, 5.41) is 3.12. The molecule has 1 atom stereocenters. The summed E-state index contributed by atoms with van der Waals surface area (Å²) in [5.41, 5.74) is -0.0767. The van der Waals surface area contributed by atoms with Crippen LogP contribution in [0.2, 0.25) is 0 Å². The molecule has 2 saturated heterocycles. The van der Waals surface area contributed by atoms with Crippen molar-refractivity contribution in [1.29, 1.82) is 0 Å². The van der Waals surface area contributed by atoms with Crippen molar-refractivity contribution in [3.05, 3.63) is 29.6 Å². The molecular weight excluding hydrogens is 324 g/mol. The van der Waals surface area contributed by atoms with E-state index >= 15 is 0 Å². The molecule has 0 aromatic heterocycles. The van der Waals surface area contributed by atoms with E-state index in [4.69, 9.17) is 14.0 Å². The Kier molecular flexibility index (Phi) is 4.92. The van der Waals surface area contributed by atoms with Gasteiger partial charge in [-0.3, -0.25) is 4.79 Å². The van der Waals surface area contributed by atoms with E-state index in [0.29, 0.717) is 17.6 Å². The Balaban J connectivity index is 1.64. The summed E-state index contributed by atoms with van der Waals surface area (Å²) in [7, 11) is -0.744. The molecule has 136 valence electrons. The molecular formula is C18H25BFNO4. The lowest BCUT2D eigenvalue weighted by Gasteiger charge is -2.32. The van der Waals surface area contributed by atoms with Crippen LogP contribution >= 0.6 is 0 Å². The molecule has 2 fully saturated rings. The molecule has 3 rings (SSSR count). The third-order valence-corrected chi connectivity index (χ3v) is 5.35. The number of rotatable bonds is 4. The average molecular weight is 349 g/mol. The fraction of sp³-hybridized carbons (Fsp3) is 0.611. The zero-order chi connectivity index (χ0) is 18.2. The van der Waals surface area contributed by atoms with Gasteiger partial charge in [0.25, 0.3) is 0 Å². The van der Waals surface area contributed by atoms with Crippen LogP contribution in [0.4, 0.5) is 4.39 Å².